The Kier molecular flexibility index (Phi) is 3.12. The Labute approximate surface area is 92.5 Å². The number of para-hydroxylation sites is 1. The number of benzene rings is 1. The molecule has 0 aliphatic heterocycles. The van der Waals surface area contributed by atoms with E-state index in [0.717, 1.165) is 16.5 Å². The van der Waals surface area contributed by atoms with Crippen LogP contribution in [0, 0.1) is 0 Å². The summed E-state index contributed by atoms with van der Waals surface area (Å²) in [7, 11) is 0. The van der Waals surface area contributed by atoms with Crippen LogP contribution in [0.3, 0.4) is 0 Å². The topological polar surface area (TPSA) is 59.4 Å². The third-order valence-corrected chi connectivity index (χ3v) is 2.22. The maximum Gasteiger partial charge on any atom is 0.329 e. The molecular weight excluding hydrogens is 206 g/mol. The van der Waals surface area contributed by atoms with E-state index < -0.39 is 5.97 Å². The van der Waals surface area contributed by atoms with Gasteiger partial charge < -0.3 is 9.84 Å². The average Bonchev–Trinajstić information content (AvgIpc) is 2.29. The van der Waals surface area contributed by atoms with E-state index in [1.807, 2.05) is 30.3 Å². The van der Waals surface area contributed by atoms with Gasteiger partial charge in [-0.1, -0.05) is 18.2 Å². The quantitative estimate of drug-likeness (QED) is 0.848. The first-order valence-electron chi connectivity index (χ1n) is 4.89. The van der Waals surface area contributed by atoms with E-state index >= 15 is 0 Å². The molecule has 0 fully saturated rings. The molecule has 1 aromatic carbocycles. The summed E-state index contributed by atoms with van der Waals surface area (Å²) in [6.45, 7) is 0.00594. The van der Waals surface area contributed by atoms with E-state index in [1.54, 1.807) is 6.20 Å². The van der Waals surface area contributed by atoms with Crippen LogP contribution in [0.2, 0.25) is 0 Å². The van der Waals surface area contributed by atoms with Gasteiger partial charge in [-0.05, 0) is 17.7 Å². The highest BCUT2D eigenvalue weighted by Gasteiger charge is 2.02. The van der Waals surface area contributed by atoms with Crippen molar-refractivity contribution in [3.05, 3.63) is 42.1 Å². The number of carboxylic acids is 1. The van der Waals surface area contributed by atoms with Crippen molar-refractivity contribution in [1.29, 1.82) is 0 Å². The summed E-state index contributed by atoms with van der Waals surface area (Å²) in [5.74, 6) is -0.960. The summed E-state index contributed by atoms with van der Waals surface area (Å²) in [5, 5.41) is 9.46. The van der Waals surface area contributed by atoms with Gasteiger partial charge in [0.05, 0.1) is 12.1 Å². The van der Waals surface area contributed by atoms with Crippen LogP contribution in [0.4, 0.5) is 0 Å². The summed E-state index contributed by atoms with van der Waals surface area (Å²) in [4.78, 5) is 14.5. The van der Waals surface area contributed by atoms with E-state index in [1.165, 1.54) is 0 Å². The Morgan fingerprint density at radius 3 is 2.94 bits per heavy atom. The van der Waals surface area contributed by atoms with Crippen molar-refractivity contribution >= 4 is 16.9 Å². The lowest BCUT2D eigenvalue weighted by Crippen LogP contribution is -2.06. The largest absolute Gasteiger partial charge is 0.480 e. The van der Waals surface area contributed by atoms with Gasteiger partial charge in [-0.3, -0.25) is 4.98 Å². The summed E-state index contributed by atoms with van der Waals surface area (Å²) in [5.41, 5.74) is 1.84. The van der Waals surface area contributed by atoms with Crippen LogP contribution in [0.5, 0.6) is 0 Å². The molecule has 0 amide bonds. The van der Waals surface area contributed by atoms with Crippen LogP contribution in [-0.2, 0) is 16.1 Å². The van der Waals surface area contributed by atoms with E-state index in [0.29, 0.717) is 0 Å². The molecule has 1 N–H and O–H groups in total. The summed E-state index contributed by atoms with van der Waals surface area (Å²) < 4.78 is 5.06. The maximum atomic E-state index is 10.3. The van der Waals surface area contributed by atoms with Gasteiger partial charge in [0.2, 0.25) is 0 Å². The minimum absolute atomic E-state index is 0.281. The lowest BCUT2D eigenvalue weighted by molar-refractivity contribution is -0.142. The van der Waals surface area contributed by atoms with Crippen LogP contribution in [-0.4, -0.2) is 22.7 Å². The number of ether oxygens (including phenoxy) is 1. The first-order chi connectivity index (χ1) is 7.77. The molecule has 0 unspecified atom stereocenters. The highest BCUT2D eigenvalue weighted by atomic mass is 16.5. The van der Waals surface area contributed by atoms with Crippen LogP contribution >= 0.6 is 0 Å². The average molecular weight is 217 g/mol. The van der Waals surface area contributed by atoms with Crippen LogP contribution in [0.1, 0.15) is 5.56 Å². The number of aromatic nitrogens is 1. The number of carbonyl (C=O) groups is 1. The SMILES string of the molecule is O=C(O)COCc1ccnc2ccccc12. The van der Waals surface area contributed by atoms with Crippen molar-refractivity contribution in [1.82, 2.24) is 4.98 Å². The number of carboxylic acid groups (broad SMARTS) is 1. The van der Waals surface area contributed by atoms with E-state index in [4.69, 9.17) is 9.84 Å². The first kappa shape index (κ1) is 10.6. The third kappa shape index (κ3) is 2.35. The lowest BCUT2D eigenvalue weighted by Gasteiger charge is -2.05. The monoisotopic (exact) mass is 217 g/mol. The van der Waals surface area contributed by atoms with Gasteiger partial charge in [0.15, 0.2) is 0 Å². The Bertz CT molecular complexity index is 505. The molecule has 0 aliphatic rings. The van der Waals surface area contributed by atoms with E-state index in [9.17, 15) is 4.79 Å². The number of hydrogen-bond donors (Lipinski definition) is 1. The Balaban J connectivity index is 2.20. The van der Waals surface area contributed by atoms with Crippen molar-refractivity contribution in [2.45, 2.75) is 6.61 Å². The number of pyridine rings is 1. The van der Waals surface area contributed by atoms with Crippen molar-refractivity contribution in [2.75, 3.05) is 6.61 Å². The maximum absolute atomic E-state index is 10.3. The van der Waals surface area contributed by atoms with Crippen molar-refractivity contribution < 1.29 is 14.6 Å². The molecule has 0 saturated heterocycles. The molecule has 2 aromatic rings. The Morgan fingerprint density at radius 2 is 2.12 bits per heavy atom. The molecule has 1 heterocycles. The molecule has 82 valence electrons. The first-order valence-corrected chi connectivity index (χ1v) is 4.89. The minimum Gasteiger partial charge on any atom is -0.480 e. The van der Waals surface area contributed by atoms with E-state index in [-0.39, 0.29) is 13.2 Å². The fraction of sp³-hybridized carbons (Fsp3) is 0.167. The molecule has 0 bridgehead atoms. The number of fused-ring (bicyclic) bond motifs is 1. The van der Waals surface area contributed by atoms with Gasteiger partial charge >= 0.3 is 5.97 Å². The van der Waals surface area contributed by atoms with Crippen molar-refractivity contribution in [2.24, 2.45) is 0 Å². The summed E-state index contributed by atoms with van der Waals surface area (Å²) in [6, 6.07) is 9.53. The fourth-order valence-electron chi connectivity index (χ4n) is 1.53. The van der Waals surface area contributed by atoms with Gasteiger partial charge in [0.25, 0.3) is 0 Å². The van der Waals surface area contributed by atoms with Gasteiger partial charge in [0, 0.05) is 11.6 Å². The Morgan fingerprint density at radius 1 is 1.31 bits per heavy atom. The van der Waals surface area contributed by atoms with Crippen LogP contribution < -0.4 is 0 Å². The number of nitrogens with zero attached hydrogens (tertiary/aromatic N) is 1. The molecule has 0 spiro atoms. The van der Waals surface area contributed by atoms with E-state index in [2.05, 4.69) is 4.98 Å². The highest BCUT2D eigenvalue weighted by molar-refractivity contribution is 5.81. The fourth-order valence-corrected chi connectivity index (χ4v) is 1.53. The second kappa shape index (κ2) is 4.72. The van der Waals surface area contributed by atoms with Crippen LogP contribution in [0.15, 0.2) is 36.5 Å². The smallest absolute Gasteiger partial charge is 0.329 e. The van der Waals surface area contributed by atoms with Crippen molar-refractivity contribution in [3.8, 4) is 0 Å². The Hall–Kier alpha value is -1.94. The highest BCUT2D eigenvalue weighted by Crippen LogP contribution is 2.16. The number of hydrogen-bond acceptors (Lipinski definition) is 3. The van der Waals surface area contributed by atoms with Gasteiger partial charge in [0.1, 0.15) is 6.61 Å². The molecule has 1 aromatic heterocycles. The molecule has 4 nitrogen and oxygen atoms in total. The predicted molar refractivity (Wildman–Crippen MR) is 59.0 cm³/mol. The zero-order chi connectivity index (χ0) is 11.4. The second-order valence-corrected chi connectivity index (χ2v) is 3.37. The molecule has 4 heteroatoms. The zero-order valence-corrected chi connectivity index (χ0v) is 8.59. The zero-order valence-electron chi connectivity index (χ0n) is 8.59. The summed E-state index contributed by atoms with van der Waals surface area (Å²) in [6.07, 6.45) is 1.70. The third-order valence-electron chi connectivity index (χ3n) is 2.22. The van der Waals surface area contributed by atoms with Gasteiger partial charge in [-0.15, -0.1) is 0 Å². The molecule has 2 rings (SSSR count). The standard InChI is InChI=1S/C12H11NO3/c14-12(15)8-16-7-9-5-6-13-11-4-2-1-3-10(9)11/h1-6H,7-8H2,(H,14,15). The molecule has 16 heavy (non-hydrogen) atoms. The minimum atomic E-state index is -0.960. The normalized spacial score (nSPS) is 10.5. The molecule has 0 aliphatic carbocycles. The lowest BCUT2D eigenvalue weighted by atomic mass is 10.1. The molecule has 0 radical (unpaired) electrons. The predicted octanol–water partition coefficient (Wildman–Crippen LogP) is 1.84. The van der Waals surface area contributed by atoms with Crippen molar-refractivity contribution in [3.63, 3.8) is 0 Å². The number of rotatable bonds is 4. The molecular formula is C12H11NO3. The number of aliphatic carboxylic acids is 1. The van der Waals surface area contributed by atoms with Gasteiger partial charge in [-0.2, -0.15) is 0 Å². The molecule has 0 saturated carbocycles. The second-order valence-electron chi connectivity index (χ2n) is 3.37. The van der Waals surface area contributed by atoms with Gasteiger partial charge in [-0.25, -0.2) is 4.79 Å². The van der Waals surface area contributed by atoms with Crippen LogP contribution in [0.25, 0.3) is 10.9 Å². The molecule has 0 atom stereocenters. The summed E-state index contributed by atoms with van der Waals surface area (Å²) >= 11 is 0.